The summed E-state index contributed by atoms with van der Waals surface area (Å²) in [7, 11) is 0. The van der Waals surface area contributed by atoms with Crippen LogP contribution in [0.2, 0.25) is 0 Å². The molecule has 4 atom stereocenters. The van der Waals surface area contributed by atoms with Crippen LogP contribution in [0.3, 0.4) is 0 Å². The second kappa shape index (κ2) is 11.2. The summed E-state index contributed by atoms with van der Waals surface area (Å²) in [4.78, 5) is 33.3. The van der Waals surface area contributed by atoms with Gasteiger partial charge in [0.15, 0.2) is 0 Å². The van der Waals surface area contributed by atoms with Crippen LogP contribution < -0.4 is 16.4 Å². The van der Waals surface area contributed by atoms with E-state index < -0.39 is 6.04 Å². The summed E-state index contributed by atoms with van der Waals surface area (Å²) in [5, 5.41) is 6.69. The lowest BCUT2D eigenvalue weighted by Crippen LogP contribution is -2.56. The van der Waals surface area contributed by atoms with Crippen molar-refractivity contribution in [1.82, 2.24) is 20.5 Å². The second-order valence-electron chi connectivity index (χ2n) is 11.2. The van der Waals surface area contributed by atoms with Crippen molar-refractivity contribution in [3.8, 4) is 11.1 Å². The molecule has 2 saturated heterocycles. The van der Waals surface area contributed by atoms with Gasteiger partial charge < -0.3 is 21.3 Å². The predicted octanol–water partition coefficient (Wildman–Crippen LogP) is 4.04. The third-order valence-corrected chi connectivity index (χ3v) is 8.59. The van der Waals surface area contributed by atoms with Gasteiger partial charge in [-0.1, -0.05) is 60.7 Å². The number of aromatic nitrogens is 1. The minimum absolute atomic E-state index is 0.0502. The number of anilines is 1. The Morgan fingerprint density at radius 2 is 1.77 bits per heavy atom. The smallest absolute Gasteiger partial charge is 0.243 e. The van der Waals surface area contributed by atoms with Gasteiger partial charge in [0.25, 0.3) is 0 Å². The molecule has 1 aliphatic carbocycles. The average Bonchev–Trinajstić information content (AvgIpc) is 3.60. The van der Waals surface area contributed by atoms with Crippen LogP contribution >= 0.6 is 0 Å². The molecule has 2 amide bonds. The van der Waals surface area contributed by atoms with Crippen LogP contribution in [0.4, 0.5) is 5.82 Å². The Labute approximate surface area is 230 Å². The van der Waals surface area contributed by atoms with Crippen LogP contribution in [0.25, 0.3) is 11.1 Å². The summed E-state index contributed by atoms with van der Waals surface area (Å²) < 4.78 is 0. The van der Waals surface area contributed by atoms with Crippen LogP contribution in [0, 0.1) is 5.92 Å². The molecule has 0 spiro atoms. The quantitative estimate of drug-likeness (QED) is 0.453. The molecule has 0 saturated carbocycles. The molecule has 2 aliphatic heterocycles. The molecular formula is C32H37N5O2. The molecule has 0 bridgehead atoms. The standard InChI is InChI=1S/C32H37N5O2/c33-30-16-13-25-26(35-30)14-15-27(25)36-31(38)29-8-4-5-17-37(29)32(39)28-19-22(20-34-28)18-21-9-11-24(12-10-21)23-6-2-1-3-7-23/h1-3,6-7,9-13,16,22,27-29,34H,4-5,8,14-15,17-20H2,(H2,33,35)(H,36,38)/t22-,27?,28+,29-/m0/s1. The topological polar surface area (TPSA) is 100 Å². The highest BCUT2D eigenvalue weighted by Gasteiger charge is 2.39. The van der Waals surface area contributed by atoms with E-state index in [0.29, 0.717) is 24.7 Å². The fourth-order valence-corrected chi connectivity index (χ4v) is 6.52. The zero-order valence-electron chi connectivity index (χ0n) is 22.3. The van der Waals surface area contributed by atoms with E-state index >= 15 is 0 Å². The van der Waals surface area contributed by atoms with Crippen molar-refractivity contribution in [3.63, 3.8) is 0 Å². The number of rotatable bonds is 6. The number of hydrogen-bond acceptors (Lipinski definition) is 5. The highest BCUT2D eigenvalue weighted by Crippen LogP contribution is 2.31. The van der Waals surface area contributed by atoms with Gasteiger partial charge in [0, 0.05) is 12.2 Å². The third kappa shape index (κ3) is 5.55. The molecule has 39 heavy (non-hydrogen) atoms. The summed E-state index contributed by atoms with van der Waals surface area (Å²) in [6, 6.07) is 22.2. The van der Waals surface area contributed by atoms with Gasteiger partial charge in [-0.2, -0.15) is 0 Å². The molecule has 2 fully saturated rings. The lowest BCUT2D eigenvalue weighted by atomic mass is 9.94. The summed E-state index contributed by atoms with van der Waals surface area (Å²) in [6.07, 6.45) is 5.97. The van der Waals surface area contributed by atoms with Crippen molar-refractivity contribution in [2.45, 2.75) is 63.1 Å². The minimum Gasteiger partial charge on any atom is -0.384 e. The molecule has 0 radical (unpaired) electrons. The fourth-order valence-electron chi connectivity index (χ4n) is 6.52. The normalized spacial score (nSPS) is 24.4. The first-order chi connectivity index (χ1) is 19.0. The zero-order valence-corrected chi connectivity index (χ0v) is 22.3. The van der Waals surface area contributed by atoms with E-state index in [2.05, 4.69) is 64.1 Å². The van der Waals surface area contributed by atoms with E-state index in [-0.39, 0.29) is 23.9 Å². The van der Waals surface area contributed by atoms with Crippen LogP contribution in [-0.2, 0) is 22.4 Å². The van der Waals surface area contributed by atoms with E-state index in [4.69, 9.17) is 5.73 Å². The van der Waals surface area contributed by atoms with Gasteiger partial charge in [-0.05, 0) is 85.7 Å². The Hall–Kier alpha value is -3.71. The minimum atomic E-state index is -0.413. The van der Waals surface area contributed by atoms with Gasteiger partial charge in [-0.15, -0.1) is 0 Å². The number of pyridine rings is 1. The number of carbonyl (C=O) groups is 2. The number of nitrogens with two attached hydrogens (primary N) is 1. The number of amides is 2. The van der Waals surface area contributed by atoms with E-state index in [1.807, 2.05) is 17.0 Å². The van der Waals surface area contributed by atoms with Gasteiger partial charge in [0.2, 0.25) is 11.8 Å². The Bertz CT molecular complexity index is 1330. The number of nitrogens with zero attached hydrogens (tertiary/aromatic N) is 2. The lowest BCUT2D eigenvalue weighted by molar-refractivity contribution is -0.144. The number of aryl methyl sites for hydroxylation is 1. The molecule has 4 N–H and O–H groups in total. The first-order valence-corrected chi connectivity index (χ1v) is 14.3. The first kappa shape index (κ1) is 25.6. The summed E-state index contributed by atoms with van der Waals surface area (Å²) in [6.45, 7) is 1.45. The summed E-state index contributed by atoms with van der Waals surface area (Å²) in [5.74, 6) is 0.925. The molecule has 1 aromatic heterocycles. The number of piperidine rings is 1. The number of fused-ring (bicyclic) bond motifs is 1. The van der Waals surface area contributed by atoms with E-state index in [1.165, 1.54) is 16.7 Å². The maximum atomic E-state index is 13.6. The Morgan fingerprint density at radius 1 is 0.974 bits per heavy atom. The number of nitrogen functional groups attached to an aromatic ring is 1. The van der Waals surface area contributed by atoms with Crippen LogP contribution in [0.15, 0.2) is 66.7 Å². The second-order valence-corrected chi connectivity index (χ2v) is 11.2. The molecular weight excluding hydrogens is 486 g/mol. The molecule has 1 unspecified atom stereocenters. The third-order valence-electron chi connectivity index (χ3n) is 8.59. The van der Waals surface area contributed by atoms with Gasteiger partial charge >= 0.3 is 0 Å². The van der Waals surface area contributed by atoms with Crippen LogP contribution in [0.5, 0.6) is 0 Å². The summed E-state index contributed by atoms with van der Waals surface area (Å²) in [5.41, 5.74) is 11.6. The molecule has 2 aromatic carbocycles. The molecule has 3 aliphatic rings. The molecule has 3 aromatic rings. The zero-order chi connectivity index (χ0) is 26.8. The lowest BCUT2D eigenvalue weighted by Gasteiger charge is -2.37. The fraction of sp³-hybridized carbons (Fsp3) is 0.406. The average molecular weight is 524 g/mol. The Kier molecular flexibility index (Phi) is 7.33. The number of nitrogens with one attached hydrogen (secondary N) is 2. The van der Waals surface area contributed by atoms with Gasteiger partial charge in [-0.3, -0.25) is 9.59 Å². The molecule has 202 valence electrons. The number of benzene rings is 2. The molecule has 7 heteroatoms. The van der Waals surface area contributed by atoms with Gasteiger partial charge in [0.1, 0.15) is 11.9 Å². The maximum Gasteiger partial charge on any atom is 0.243 e. The Morgan fingerprint density at radius 3 is 2.59 bits per heavy atom. The van der Waals surface area contributed by atoms with Crippen molar-refractivity contribution in [1.29, 1.82) is 0 Å². The maximum absolute atomic E-state index is 13.6. The highest BCUT2D eigenvalue weighted by atomic mass is 16.2. The first-order valence-electron chi connectivity index (χ1n) is 14.3. The van der Waals surface area contributed by atoms with E-state index in [1.54, 1.807) is 6.07 Å². The van der Waals surface area contributed by atoms with Gasteiger partial charge in [-0.25, -0.2) is 4.98 Å². The van der Waals surface area contributed by atoms with Crippen molar-refractivity contribution in [3.05, 3.63) is 83.6 Å². The number of hydrogen-bond donors (Lipinski definition) is 3. The van der Waals surface area contributed by atoms with Crippen LogP contribution in [-0.4, -0.2) is 46.9 Å². The van der Waals surface area contributed by atoms with Crippen molar-refractivity contribution >= 4 is 17.6 Å². The SMILES string of the molecule is Nc1ccc2c(n1)CCC2NC(=O)[C@@H]1CCCCN1C(=O)[C@H]1C[C@H](Cc2ccc(-c3ccccc3)cc2)CN1. The highest BCUT2D eigenvalue weighted by molar-refractivity contribution is 5.90. The predicted molar refractivity (Wildman–Crippen MR) is 153 cm³/mol. The summed E-state index contributed by atoms with van der Waals surface area (Å²) >= 11 is 0. The number of likely N-dealkylation sites (tertiary alicyclic amines) is 1. The largest absolute Gasteiger partial charge is 0.384 e. The van der Waals surface area contributed by atoms with Crippen LogP contribution in [0.1, 0.15) is 55.0 Å². The number of carbonyl (C=O) groups excluding carboxylic acids is 2. The van der Waals surface area contributed by atoms with Gasteiger partial charge in [0.05, 0.1) is 12.1 Å². The van der Waals surface area contributed by atoms with E-state index in [9.17, 15) is 9.59 Å². The molecule has 7 nitrogen and oxygen atoms in total. The van der Waals surface area contributed by atoms with Crippen molar-refractivity contribution in [2.75, 3.05) is 18.8 Å². The molecule has 3 heterocycles. The monoisotopic (exact) mass is 523 g/mol. The van der Waals surface area contributed by atoms with E-state index in [0.717, 1.165) is 56.3 Å². The van der Waals surface area contributed by atoms with Crippen molar-refractivity contribution in [2.24, 2.45) is 5.92 Å². The molecule has 6 rings (SSSR count). The van der Waals surface area contributed by atoms with Crippen molar-refractivity contribution < 1.29 is 9.59 Å². The Balaban J connectivity index is 1.06.